The van der Waals surface area contributed by atoms with E-state index in [4.69, 9.17) is 24.7 Å². The summed E-state index contributed by atoms with van der Waals surface area (Å²) in [5, 5.41) is 19.4. The molecule has 6 amide bonds. The molecule has 0 aromatic rings. The average molecular weight is 719 g/mol. The van der Waals surface area contributed by atoms with E-state index in [1.54, 1.807) is 0 Å². The van der Waals surface area contributed by atoms with Gasteiger partial charge in [0, 0.05) is 60.4 Å². The van der Waals surface area contributed by atoms with Crippen LogP contribution in [0.15, 0.2) is 0 Å². The van der Waals surface area contributed by atoms with Crippen molar-refractivity contribution >= 4 is 35.8 Å². The van der Waals surface area contributed by atoms with Gasteiger partial charge in [-0.2, -0.15) is 0 Å². The highest BCUT2D eigenvalue weighted by atomic mass is 16.6. The molecule has 0 aromatic carbocycles. The number of carbonyl (C=O) groups is 6. The predicted molar refractivity (Wildman–Crippen MR) is 186 cm³/mol. The minimum Gasteiger partial charge on any atom is -0.447 e. The van der Waals surface area contributed by atoms with Gasteiger partial charge in [0.2, 0.25) is 23.6 Å². The third-order valence-electron chi connectivity index (χ3n) is 7.02. The molecule has 0 heterocycles. The first kappa shape index (κ1) is 46.3. The summed E-state index contributed by atoms with van der Waals surface area (Å²) in [6.07, 6.45) is 2.66. The maximum atomic E-state index is 12.9. The zero-order chi connectivity index (χ0) is 37.6. The number of amides is 6. The number of ether oxygens (including phenoxy) is 4. The molecule has 50 heavy (non-hydrogen) atoms. The molecule has 2 atom stereocenters. The minimum absolute atomic E-state index is 0.113. The molecule has 0 saturated carbocycles. The Bertz CT molecular complexity index is 969. The van der Waals surface area contributed by atoms with Crippen molar-refractivity contribution in [2.75, 3.05) is 73.4 Å². The fraction of sp³-hybridized carbons (Fsp3) is 0.812. The van der Waals surface area contributed by atoms with Gasteiger partial charge in [0.05, 0.1) is 12.6 Å². The summed E-state index contributed by atoms with van der Waals surface area (Å²) in [4.78, 5) is 70.6. The summed E-state index contributed by atoms with van der Waals surface area (Å²) in [5.41, 5.74) is 5.52. The zero-order valence-electron chi connectivity index (χ0n) is 30.5. The number of hydrogen-bond donors (Lipinski definition) is 8. The van der Waals surface area contributed by atoms with E-state index in [0.717, 1.165) is 12.8 Å². The topological polar surface area (TPSA) is 250 Å². The molecule has 18 heteroatoms. The van der Waals surface area contributed by atoms with Gasteiger partial charge in [0.15, 0.2) is 0 Å². The lowest BCUT2D eigenvalue weighted by Gasteiger charge is -2.23. The van der Waals surface area contributed by atoms with Gasteiger partial charge in [-0.15, -0.1) is 0 Å². The maximum Gasteiger partial charge on any atom is 0.406 e. The molecule has 0 aliphatic heterocycles. The molecule has 9 N–H and O–H groups in total. The quantitative estimate of drug-likeness (QED) is 0.0349. The van der Waals surface area contributed by atoms with Crippen LogP contribution in [-0.4, -0.2) is 127 Å². The molecule has 290 valence electrons. The number of unbranched alkanes of at least 4 members (excludes halogenated alkanes) is 2. The molecule has 0 fully saturated rings. The molecule has 0 radical (unpaired) electrons. The molecular formula is C32H62N8O10. The molecule has 0 unspecified atom stereocenters. The van der Waals surface area contributed by atoms with Crippen molar-refractivity contribution in [1.29, 1.82) is 0 Å². The summed E-state index contributed by atoms with van der Waals surface area (Å²) >= 11 is 0. The van der Waals surface area contributed by atoms with Crippen LogP contribution >= 0.6 is 0 Å². The summed E-state index contributed by atoms with van der Waals surface area (Å²) in [6, 6.07) is -1.26. The number of nitrogens with one attached hydrogen (secondary N) is 7. The van der Waals surface area contributed by atoms with Gasteiger partial charge in [0.1, 0.15) is 25.4 Å². The van der Waals surface area contributed by atoms with Crippen LogP contribution in [0.2, 0.25) is 0 Å². The van der Waals surface area contributed by atoms with Gasteiger partial charge in [-0.1, -0.05) is 13.8 Å². The van der Waals surface area contributed by atoms with E-state index in [2.05, 4.69) is 37.2 Å². The minimum atomic E-state index is -0.775. The number of carbonyl (C=O) groups excluding carboxylic acids is 6. The highest BCUT2D eigenvalue weighted by Gasteiger charge is 2.24. The van der Waals surface area contributed by atoms with Gasteiger partial charge < -0.3 is 56.6 Å². The molecule has 0 aromatic heterocycles. The normalized spacial score (nSPS) is 12.1. The lowest BCUT2D eigenvalue weighted by atomic mass is 10.0. The fourth-order valence-electron chi connectivity index (χ4n) is 4.35. The Morgan fingerprint density at radius 1 is 0.740 bits per heavy atom. The van der Waals surface area contributed by atoms with Crippen LogP contribution in [0.4, 0.5) is 9.59 Å². The van der Waals surface area contributed by atoms with Crippen molar-refractivity contribution in [3.05, 3.63) is 0 Å². The molecule has 0 bridgehead atoms. The Kier molecular flexibility index (Phi) is 27.9. The summed E-state index contributed by atoms with van der Waals surface area (Å²) in [7, 11) is 2.85. The van der Waals surface area contributed by atoms with E-state index < -0.39 is 36.3 Å². The fourth-order valence-corrected chi connectivity index (χ4v) is 4.35. The number of hydrogen-bond acceptors (Lipinski definition) is 12. The van der Waals surface area contributed by atoms with E-state index in [0.29, 0.717) is 71.6 Å². The summed E-state index contributed by atoms with van der Waals surface area (Å²) < 4.78 is 21.1. The molecule has 0 aliphatic carbocycles. The van der Waals surface area contributed by atoms with E-state index in [9.17, 15) is 28.8 Å². The SMILES string of the molecule is CNC(=O)OCC(COC(=O)NC)OCCCC(=O)NCCOCCCCNCN[C@@H](CC(C)C)C(=O)N[C@@H](CCCCNC(C)=O)C(N)=O. The van der Waals surface area contributed by atoms with Crippen LogP contribution in [0.3, 0.4) is 0 Å². The van der Waals surface area contributed by atoms with Gasteiger partial charge in [-0.25, -0.2) is 9.59 Å². The second-order valence-corrected chi connectivity index (χ2v) is 12.0. The van der Waals surface area contributed by atoms with E-state index >= 15 is 0 Å². The number of rotatable bonds is 30. The number of nitrogens with two attached hydrogens (primary N) is 1. The third-order valence-corrected chi connectivity index (χ3v) is 7.02. The van der Waals surface area contributed by atoms with Crippen LogP contribution in [-0.2, 0) is 38.1 Å². The Labute approximate surface area is 296 Å². The molecule has 18 nitrogen and oxygen atoms in total. The van der Waals surface area contributed by atoms with Crippen LogP contribution in [0.25, 0.3) is 0 Å². The molecule has 0 rings (SSSR count). The van der Waals surface area contributed by atoms with Gasteiger partial charge in [-0.3, -0.25) is 24.5 Å². The van der Waals surface area contributed by atoms with Crippen molar-refractivity contribution in [1.82, 2.24) is 37.2 Å². The smallest absolute Gasteiger partial charge is 0.406 e. The van der Waals surface area contributed by atoms with Crippen molar-refractivity contribution < 1.29 is 47.7 Å². The summed E-state index contributed by atoms with van der Waals surface area (Å²) in [6.45, 7) is 8.36. The second kappa shape index (κ2) is 30.1. The number of alkyl carbamates (subject to hydrolysis) is 2. The Balaban J connectivity index is 4.12. The number of primary amides is 1. The molecular weight excluding hydrogens is 656 g/mol. The van der Waals surface area contributed by atoms with E-state index in [1.807, 2.05) is 13.8 Å². The van der Waals surface area contributed by atoms with Gasteiger partial charge in [0.25, 0.3) is 0 Å². The Morgan fingerprint density at radius 3 is 2.00 bits per heavy atom. The molecule has 0 aliphatic rings. The zero-order valence-corrected chi connectivity index (χ0v) is 30.5. The van der Waals surface area contributed by atoms with Crippen molar-refractivity contribution in [2.24, 2.45) is 11.7 Å². The highest BCUT2D eigenvalue weighted by molar-refractivity contribution is 5.89. The Morgan fingerprint density at radius 2 is 1.40 bits per heavy atom. The average Bonchev–Trinajstić information content (AvgIpc) is 3.07. The lowest BCUT2D eigenvalue weighted by Crippen LogP contribution is -2.53. The molecule has 0 saturated heterocycles. The lowest BCUT2D eigenvalue weighted by molar-refractivity contribution is -0.129. The van der Waals surface area contributed by atoms with Crippen LogP contribution in [0, 0.1) is 5.92 Å². The highest BCUT2D eigenvalue weighted by Crippen LogP contribution is 2.07. The summed E-state index contributed by atoms with van der Waals surface area (Å²) in [5.74, 6) is -0.874. The Hall–Kier alpha value is -3.74. The molecule has 0 spiro atoms. The van der Waals surface area contributed by atoms with Gasteiger partial charge in [-0.05, 0) is 57.4 Å². The monoisotopic (exact) mass is 718 g/mol. The first-order valence-corrected chi connectivity index (χ1v) is 17.3. The third kappa shape index (κ3) is 27.1. The standard InChI is InChI=1S/C32H62N8O10/c1-23(2)19-27(30(44)40-26(29(33)43)11-6-7-14-37-24(3)41)39-22-36-13-8-9-16-47-18-15-38-28(42)12-10-17-48-25(20-49-31(45)34-4)21-50-32(46)35-5/h23,25-27,36,39H,6-22H2,1-5H3,(H2,33,43)(H,34,45)(H,35,46)(H,37,41)(H,38,42)(H,40,44)/t26-,27-/m0/s1. The van der Waals surface area contributed by atoms with Crippen LogP contribution in [0.1, 0.15) is 72.1 Å². The van der Waals surface area contributed by atoms with Crippen LogP contribution in [0.5, 0.6) is 0 Å². The van der Waals surface area contributed by atoms with Gasteiger partial charge >= 0.3 is 12.2 Å². The largest absolute Gasteiger partial charge is 0.447 e. The van der Waals surface area contributed by atoms with E-state index in [-0.39, 0.29) is 49.9 Å². The van der Waals surface area contributed by atoms with Crippen LogP contribution < -0.4 is 43.0 Å². The maximum absolute atomic E-state index is 12.9. The predicted octanol–water partition coefficient (Wildman–Crippen LogP) is -0.395. The van der Waals surface area contributed by atoms with Crippen molar-refractivity contribution in [3.63, 3.8) is 0 Å². The van der Waals surface area contributed by atoms with E-state index in [1.165, 1.54) is 21.0 Å². The second-order valence-electron chi connectivity index (χ2n) is 12.0. The van der Waals surface area contributed by atoms with Crippen molar-refractivity contribution in [3.8, 4) is 0 Å². The first-order valence-electron chi connectivity index (χ1n) is 17.3. The van der Waals surface area contributed by atoms with Crippen molar-refractivity contribution in [2.45, 2.75) is 90.3 Å². The first-order chi connectivity index (χ1) is 23.9.